The van der Waals surface area contributed by atoms with Crippen molar-refractivity contribution in [2.75, 3.05) is 32.0 Å². The van der Waals surface area contributed by atoms with Gasteiger partial charge in [0.25, 0.3) is 0 Å². The second-order valence-corrected chi connectivity index (χ2v) is 4.25. The zero-order valence-electron chi connectivity index (χ0n) is 10.0. The van der Waals surface area contributed by atoms with Gasteiger partial charge in [-0.15, -0.1) is 0 Å². The van der Waals surface area contributed by atoms with Crippen molar-refractivity contribution >= 4 is 5.69 Å². The summed E-state index contributed by atoms with van der Waals surface area (Å²) in [5, 5.41) is 9.17. The predicted molar refractivity (Wildman–Crippen MR) is 66.4 cm³/mol. The molecule has 0 bridgehead atoms. The van der Waals surface area contributed by atoms with E-state index in [9.17, 15) is 5.26 Å². The quantitative estimate of drug-likeness (QED) is 0.784. The van der Waals surface area contributed by atoms with Crippen molar-refractivity contribution in [3.8, 4) is 6.07 Å². The molecule has 1 aliphatic heterocycles. The van der Waals surface area contributed by atoms with Crippen molar-refractivity contribution < 1.29 is 4.74 Å². The Morgan fingerprint density at radius 2 is 2.12 bits per heavy atom. The van der Waals surface area contributed by atoms with Gasteiger partial charge in [0.2, 0.25) is 0 Å². The van der Waals surface area contributed by atoms with Gasteiger partial charge in [0.1, 0.15) is 6.07 Å². The van der Waals surface area contributed by atoms with E-state index in [4.69, 9.17) is 10.5 Å². The highest BCUT2D eigenvalue weighted by molar-refractivity contribution is 5.58. The topological polar surface area (TPSA) is 62.3 Å². The molecule has 0 radical (unpaired) electrons. The number of benzene rings is 1. The lowest BCUT2D eigenvalue weighted by atomic mass is 9.99. The molecule has 1 unspecified atom stereocenters. The van der Waals surface area contributed by atoms with Crippen molar-refractivity contribution in [3.63, 3.8) is 0 Å². The second-order valence-electron chi connectivity index (χ2n) is 4.25. The van der Waals surface area contributed by atoms with E-state index in [-0.39, 0.29) is 6.04 Å². The highest BCUT2D eigenvalue weighted by atomic mass is 16.5. The first kappa shape index (κ1) is 11.9. The van der Waals surface area contributed by atoms with E-state index in [0.717, 1.165) is 31.9 Å². The van der Waals surface area contributed by atoms with Crippen LogP contribution in [0.2, 0.25) is 0 Å². The molecule has 1 aromatic carbocycles. The molecule has 1 aromatic rings. The molecule has 17 heavy (non-hydrogen) atoms. The average molecular weight is 231 g/mol. The number of ether oxygens (including phenoxy) is 1. The number of nitriles is 1. The van der Waals surface area contributed by atoms with E-state index in [1.807, 2.05) is 12.1 Å². The zero-order valence-corrected chi connectivity index (χ0v) is 10.0. The molecule has 0 spiro atoms. The van der Waals surface area contributed by atoms with Crippen LogP contribution in [-0.4, -0.2) is 31.2 Å². The Hall–Kier alpha value is -1.57. The minimum absolute atomic E-state index is 0.206. The van der Waals surface area contributed by atoms with Gasteiger partial charge in [-0.3, -0.25) is 4.90 Å². The van der Waals surface area contributed by atoms with Crippen molar-refractivity contribution in [2.24, 2.45) is 0 Å². The van der Waals surface area contributed by atoms with Gasteiger partial charge >= 0.3 is 0 Å². The Balaban J connectivity index is 2.27. The summed E-state index contributed by atoms with van der Waals surface area (Å²) in [7, 11) is 0. The van der Waals surface area contributed by atoms with Crippen molar-refractivity contribution in [3.05, 3.63) is 29.3 Å². The van der Waals surface area contributed by atoms with E-state index in [1.54, 1.807) is 6.07 Å². The maximum atomic E-state index is 9.17. The lowest BCUT2D eigenvalue weighted by Gasteiger charge is -2.33. The third-order valence-corrected chi connectivity index (χ3v) is 3.28. The van der Waals surface area contributed by atoms with Crippen LogP contribution in [0.4, 0.5) is 5.69 Å². The van der Waals surface area contributed by atoms with Crippen LogP contribution in [0.3, 0.4) is 0 Å². The molecule has 0 aliphatic carbocycles. The van der Waals surface area contributed by atoms with Crippen LogP contribution in [-0.2, 0) is 4.74 Å². The van der Waals surface area contributed by atoms with Gasteiger partial charge in [-0.1, -0.05) is 12.1 Å². The minimum atomic E-state index is 0.206. The minimum Gasteiger partial charge on any atom is -0.398 e. The van der Waals surface area contributed by atoms with Crippen molar-refractivity contribution in [1.29, 1.82) is 5.26 Å². The monoisotopic (exact) mass is 231 g/mol. The molecular weight excluding hydrogens is 214 g/mol. The molecule has 0 saturated carbocycles. The van der Waals surface area contributed by atoms with Crippen LogP contribution in [0, 0.1) is 11.3 Å². The van der Waals surface area contributed by atoms with Gasteiger partial charge in [0.05, 0.1) is 18.8 Å². The Morgan fingerprint density at radius 3 is 2.76 bits per heavy atom. The highest BCUT2D eigenvalue weighted by Gasteiger charge is 2.21. The second kappa shape index (κ2) is 5.17. The van der Waals surface area contributed by atoms with Crippen LogP contribution in [0.15, 0.2) is 18.2 Å². The van der Waals surface area contributed by atoms with Crippen LogP contribution in [0.1, 0.15) is 24.1 Å². The number of anilines is 1. The smallest absolute Gasteiger partial charge is 0.102 e. The molecule has 90 valence electrons. The van der Waals surface area contributed by atoms with Crippen molar-refractivity contribution in [1.82, 2.24) is 4.90 Å². The van der Waals surface area contributed by atoms with Crippen LogP contribution >= 0.6 is 0 Å². The zero-order chi connectivity index (χ0) is 12.3. The van der Waals surface area contributed by atoms with E-state index >= 15 is 0 Å². The molecule has 1 heterocycles. The van der Waals surface area contributed by atoms with Gasteiger partial charge in [-0.25, -0.2) is 0 Å². The molecule has 1 fully saturated rings. The fourth-order valence-corrected chi connectivity index (χ4v) is 2.23. The van der Waals surface area contributed by atoms with Gasteiger partial charge in [-0.05, 0) is 18.6 Å². The first-order valence-electron chi connectivity index (χ1n) is 5.84. The summed E-state index contributed by atoms with van der Waals surface area (Å²) in [4.78, 5) is 2.32. The largest absolute Gasteiger partial charge is 0.398 e. The van der Waals surface area contributed by atoms with Crippen LogP contribution in [0.25, 0.3) is 0 Å². The van der Waals surface area contributed by atoms with Gasteiger partial charge in [-0.2, -0.15) is 5.26 Å². The third kappa shape index (κ3) is 2.41. The lowest BCUT2D eigenvalue weighted by Crippen LogP contribution is -2.38. The first-order valence-corrected chi connectivity index (χ1v) is 5.84. The Kier molecular flexibility index (Phi) is 3.62. The summed E-state index contributed by atoms with van der Waals surface area (Å²) >= 11 is 0. The number of hydrogen-bond acceptors (Lipinski definition) is 4. The van der Waals surface area contributed by atoms with E-state index in [2.05, 4.69) is 17.9 Å². The Morgan fingerprint density at radius 1 is 1.41 bits per heavy atom. The Labute approximate surface area is 102 Å². The number of nitrogen functional groups attached to an aromatic ring is 1. The molecule has 2 rings (SSSR count). The molecule has 4 nitrogen and oxygen atoms in total. The average Bonchev–Trinajstić information content (AvgIpc) is 2.38. The standard InChI is InChI=1S/C13H17N3O/c1-10(16-5-7-17-8-6-16)11-3-2-4-13(15)12(11)9-14/h2-4,10H,5-8,15H2,1H3. The maximum Gasteiger partial charge on any atom is 0.102 e. The molecule has 1 saturated heterocycles. The first-order chi connectivity index (χ1) is 8.24. The molecule has 4 heteroatoms. The molecule has 0 aromatic heterocycles. The van der Waals surface area contributed by atoms with Crippen LogP contribution in [0.5, 0.6) is 0 Å². The SMILES string of the molecule is CC(c1cccc(N)c1C#N)N1CCOCC1. The van der Waals surface area contributed by atoms with Gasteiger partial charge in [0.15, 0.2) is 0 Å². The fourth-order valence-electron chi connectivity index (χ4n) is 2.23. The molecule has 2 N–H and O–H groups in total. The normalized spacial score (nSPS) is 18.6. The Bertz CT molecular complexity index is 433. The van der Waals surface area contributed by atoms with E-state index in [1.165, 1.54) is 0 Å². The molecule has 1 aliphatic rings. The number of nitrogens with zero attached hydrogens (tertiary/aromatic N) is 2. The fraction of sp³-hybridized carbons (Fsp3) is 0.462. The summed E-state index contributed by atoms with van der Waals surface area (Å²) in [5.41, 5.74) is 8.01. The number of morpholine rings is 1. The predicted octanol–water partition coefficient (Wildman–Crippen LogP) is 1.53. The summed E-state index contributed by atoms with van der Waals surface area (Å²) in [6, 6.07) is 8.06. The summed E-state index contributed by atoms with van der Waals surface area (Å²) < 4.78 is 5.33. The van der Waals surface area contributed by atoms with Crippen LogP contribution < -0.4 is 5.73 Å². The third-order valence-electron chi connectivity index (χ3n) is 3.28. The molecule has 0 amide bonds. The highest BCUT2D eigenvalue weighted by Crippen LogP contribution is 2.27. The summed E-state index contributed by atoms with van der Waals surface area (Å²) in [6.07, 6.45) is 0. The number of rotatable bonds is 2. The van der Waals surface area contributed by atoms with Gasteiger partial charge < -0.3 is 10.5 Å². The molecule has 1 atom stereocenters. The summed E-state index contributed by atoms with van der Waals surface area (Å²) in [6.45, 7) is 5.44. The number of nitrogens with two attached hydrogens (primary N) is 1. The maximum absolute atomic E-state index is 9.17. The van der Waals surface area contributed by atoms with E-state index in [0.29, 0.717) is 11.3 Å². The van der Waals surface area contributed by atoms with Crippen molar-refractivity contribution in [2.45, 2.75) is 13.0 Å². The van der Waals surface area contributed by atoms with Gasteiger partial charge in [0, 0.05) is 24.8 Å². The lowest BCUT2D eigenvalue weighted by molar-refractivity contribution is 0.0198. The van der Waals surface area contributed by atoms with E-state index < -0.39 is 0 Å². The molecular formula is C13H17N3O. The number of hydrogen-bond donors (Lipinski definition) is 1. The summed E-state index contributed by atoms with van der Waals surface area (Å²) in [5.74, 6) is 0.